The summed E-state index contributed by atoms with van der Waals surface area (Å²) in [5, 5.41) is 4.35. The van der Waals surface area contributed by atoms with Gasteiger partial charge in [-0.15, -0.1) is 11.3 Å². The van der Waals surface area contributed by atoms with E-state index in [0.717, 1.165) is 11.3 Å². The summed E-state index contributed by atoms with van der Waals surface area (Å²) in [6, 6.07) is 17.3. The highest BCUT2D eigenvalue weighted by Crippen LogP contribution is 2.20. The van der Waals surface area contributed by atoms with Crippen molar-refractivity contribution in [1.82, 2.24) is 5.32 Å². The number of carbonyl (C=O) groups excluding carboxylic acids is 1. The molecule has 0 fully saturated rings. The Morgan fingerprint density at radius 1 is 0.867 bits per heavy atom. The van der Waals surface area contributed by atoms with Gasteiger partial charge in [0.1, 0.15) is 4.21 Å². The molecule has 0 unspecified atom stereocenters. The second-order valence-electron chi connectivity index (χ2n) is 6.36. The molecule has 0 aliphatic rings. The Morgan fingerprint density at radius 2 is 1.57 bits per heavy atom. The molecule has 3 aromatic rings. The van der Waals surface area contributed by atoms with Gasteiger partial charge in [0.2, 0.25) is 0 Å². The van der Waals surface area contributed by atoms with Crippen LogP contribution in [0.5, 0.6) is 0 Å². The molecule has 1 aromatic heterocycles. The van der Waals surface area contributed by atoms with Gasteiger partial charge in [-0.3, -0.25) is 9.52 Å². The first-order valence-electron chi connectivity index (χ1n) is 9.00. The lowest BCUT2D eigenvalue weighted by atomic mass is 10.2. The predicted octanol–water partition coefficient (Wildman–Crippen LogP) is 3.14. The van der Waals surface area contributed by atoms with Crippen molar-refractivity contribution in [2.75, 3.05) is 17.0 Å². The van der Waals surface area contributed by atoms with Crippen molar-refractivity contribution in [2.24, 2.45) is 0 Å². The van der Waals surface area contributed by atoms with Crippen molar-refractivity contribution in [1.29, 1.82) is 0 Å². The van der Waals surface area contributed by atoms with E-state index in [0.29, 0.717) is 11.3 Å². The van der Waals surface area contributed by atoms with Gasteiger partial charge in [-0.2, -0.15) is 0 Å². The van der Waals surface area contributed by atoms with Crippen LogP contribution >= 0.6 is 11.3 Å². The molecule has 0 aliphatic carbocycles. The monoisotopic (exact) mass is 464 g/mol. The van der Waals surface area contributed by atoms with E-state index in [4.69, 9.17) is 0 Å². The fourth-order valence-corrected chi connectivity index (χ4v) is 6.01. The molecule has 1 amide bonds. The molecule has 0 saturated carbocycles. The summed E-state index contributed by atoms with van der Waals surface area (Å²) in [6.45, 7) is 0.206. The van der Waals surface area contributed by atoms with Crippen molar-refractivity contribution in [3.05, 3.63) is 77.7 Å². The molecular weight excluding hydrogens is 444 g/mol. The molecule has 1 heterocycles. The number of amides is 1. The number of sulfone groups is 1. The van der Waals surface area contributed by atoms with E-state index in [2.05, 4.69) is 10.0 Å². The minimum Gasteiger partial charge on any atom is -0.352 e. The largest absolute Gasteiger partial charge is 0.352 e. The Kier molecular flexibility index (Phi) is 6.91. The Hall–Kier alpha value is -2.69. The van der Waals surface area contributed by atoms with E-state index in [-0.39, 0.29) is 33.7 Å². The topological polar surface area (TPSA) is 109 Å². The lowest BCUT2D eigenvalue weighted by Gasteiger charge is -2.08. The third-order valence-corrected chi connectivity index (χ3v) is 8.73. The van der Waals surface area contributed by atoms with Crippen LogP contribution in [0, 0.1) is 0 Å². The average molecular weight is 465 g/mol. The molecule has 0 radical (unpaired) electrons. The highest BCUT2D eigenvalue weighted by atomic mass is 32.2. The van der Waals surface area contributed by atoms with Crippen LogP contribution in [0.2, 0.25) is 0 Å². The van der Waals surface area contributed by atoms with Gasteiger partial charge in [-0.05, 0) is 54.3 Å². The Morgan fingerprint density at radius 3 is 2.20 bits per heavy atom. The first-order chi connectivity index (χ1) is 14.3. The standard InChI is InChI=1S/C20H20N2O5S3/c23-20(21-13-5-15-29(24,25)18-6-2-1-3-7-18)16-9-11-17(12-10-16)22-30(26,27)19-8-4-14-28-19/h1-4,6-12,14,22H,5,13,15H2,(H,21,23). The molecule has 0 bridgehead atoms. The lowest BCUT2D eigenvalue weighted by molar-refractivity contribution is 0.0953. The van der Waals surface area contributed by atoms with Crippen molar-refractivity contribution < 1.29 is 21.6 Å². The molecule has 0 atom stereocenters. The molecular formula is C20H20N2O5S3. The maximum atomic E-state index is 12.2. The zero-order valence-corrected chi connectivity index (χ0v) is 18.3. The van der Waals surface area contributed by atoms with Crippen LogP contribution in [-0.2, 0) is 19.9 Å². The third-order valence-electron chi connectivity index (χ3n) is 4.14. The molecule has 10 heteroatoms. The summed E-state index contributed by atoms with van der Waals surface area (Å²) < 4.78 is 51.5. The second kappa shape index (κ2) is 9.41. The smallest absolute Gasteiger partial charge is 0.271 e. The van der Waals surface area contributed by atoms with E-state index in [9.17, 15) is 21.6 Å². The highest BCUT2D eigenvalue weighted by molar-refractivity contribution is 7.94. The van der Waals surface area contributed by atoms with E-state index in [1.807, 2.05) is 0 Å². The number of carbonyl (C=O) groups is 1. The number of anilines is 1. The Balaban J connectivity index is 1.50. The van der Waals surface area contributed by atoms with Gasteiger partial charge in [0, 0.05) is 17.8 Å². The molecule has 30 heavy (non-hydrogen) atoms. The molecule has 7 nitrogen and oxygen atoms in total. The first-order valence-corrected chi connectivity index (χ1v) is 13.0. The van der Waals surface area contributed by atoms with Crippen molar-refractivity contribution in [3.8, 4) is 0 Å². The third kappa shape index (κ3) is 5.68. The number of benzene rings is 2. The van der Waals surface area contributed by atoms with Crippen LogP contribution in [0.4, 0.5) is 5.69 Å². The van der Waals surface area contributed by atoms with Gasteiger partial charge >= 0.3 is 0 Å². The van der Waals surface area contributed by atoms with Crippen molar-refractivity contribution in [2.45, 2.75) is 15.5 Å². The number of hydrogen-bond donors (Lipinski definition) is 2. The fraction of sp³-hybridized carbons (Fsp3) is 0.150. The summed E-state index contributed by atoms with van der Waals surface area (Å²) in [5.41, 5.74) is 0.689. The van der Waals surface area contributed by atoms with Crippen LogP contribution in [0.15, 0.2) is 81.2 Å². The molecule has 0 aliphatic heterocycles. The summed E-state index contributed by atoms with van der Waals surface area (Å²) >= 11 is 1.11. The molecule has 3 rings (SSSR count). The Labute approximate surface area is 179 Å². The van der Waals surface area contributed by atoms with Crippen LogP contribution in [0.3, 0.4) is 0 Å². The maximum Gasteiger partial charge on any atom is 0.271 e. The number of sulfonamides is 1. The van der Waals surface area contributed by atoms with Crippen LogP contribution in [0.1, 0.15) is 16.8 Å². The molecule has 0 spiro atoms. The number of hydrogen-bond acceptors (Lipinski definition) is 6. The normalized spacial score (nSPS) is 11.7. The molecule has 0 saturated heterocycles. The minimum atomic E-state index is -3.65. The molecule has 2 N–H and O–H groups in total. The van der Waals surface area contributed by atoms with Crippen LogP contribution in [0.25, 0.3) is 0 Å². The van der Waals surface area contributed by atoms with Gasteiger partial charge in [-0.25, -0.2) is 16.8 Å². The summed E-state index contributed by atoms with van der Waals surface area (Å²) in [6.07, 6.45) is 0.279. The van der Waals surface area contributed by atoms with Gasteiger partial charge in [0.15, 0.2) is 9.84 Å². The van der Waals surface area contributed by atoms with E-state index in [1.54, 1.807) is 41.8 Å². The predicted molar refractivity (Wildman–Crippen MR) is 117 cm³/mol. The Bertz CT molecular complexity index is 1190. The van der Waals surface area contributed by atoms with Crippen molar-refractivity contribution in [3.63, 3.8) is 0 Å². The quantitative estimate of drug-likeness (QED) is 0.473. The zero-order chi connectivity index (χ0) is 21.6. The van der Waals surface area contributed by atoms with Gasteiger partial charge in [0.25, 0.3) is 15.9 Å². The number of nitrogens with one attached hydrogen (secondary N) is 2. The van der Waals surface area contributed by atoms with Gasteiger partial charge < -0.3 is 5.32 Å². The van der Waals surface area contributed by atoms with Gasteiger partial charge in [0.05, 0.1) is 10.6 Å². The maximum absolute atomic E-state index is 12.2. The lowest BCUT2D eigenvalue weighted by Crippen LogP contribution is -2.26. The average Bonchev–Trinajstić information content (AvgIpc) is 3.28. The molecule has 158 valence electrons. The SMILES string of the molecule is O=C(NCCCS(=O)(=O)c1ccccc1)c1ccc(NS(=O)(=O)c2cccs2)cc1. The first kappa shape index (κ1) is 22.0. The fourth-order valence-electron chi connectivity index (χ4n) is 2.62. The number of rotatable bonds is 9. The van der Waals surface area contributed by atoms with Crippen LogP contribution < -0.4 is 10.0 Å². The van der Waals surface area contributed by atoms with E-state index in [1.165, 1.54) is 30.3 Å². The summed E-state index contributed by atoms with van der Waals surface area (Å²) in [4.78, 5) is 12.5. The zero-order valence-electron chi connectivity index (χ0n) is 15.8. The second-order valence-corrected chi connectivity index (χ2v) is 11.3. The molecule has 2 aromatic carbocycles. The van der Waals surface area contributed by atoms with Crippen molar-refractivity contribution >= 4 is 42.8 Å². The summed E-state index contributed by atoms with van der Waals surface area (Å²) in [7, 11) is -7.03. The summed E-state index contributed by atoms with van der Waals surface area (Å²) in [5.74, 6) is -0.430. The highest BCUT2D eigenvalue weighted by Gasteiger charge is 2.16. The van der Waals surface area contributed by atoms with Gasteiger partial charge in [-0.1, -0.05) is 24.3 Å². The number of thiophene rings is 1. The minimum absolute atomic E-state index is 0.0687. The van der Waals surface area contributed by atoms with E-state index < -0.39 is 19.9 Å². The van der Waals surface area contributed by atoms with E-state index >= 15 is 0 Å². The van der Waals surface area contributed by atoms with Crippen LogP contribution in [-0.4, -0.2) is 35.0 Å².